The minimum Gasteiger partial charge on any atom is -0.507 e. The summed E-state index contributed by atoms with van der Waals surface area (Å²) in [4.78, 5) is 12.5. The number of phenolic OH excluding ortho intramolecular Hbond substituents is 1. The lowest BCUT2D eigenvalue weighted by molar-refractivity contribution is 0.0654. The number of halogens is 1. The van der Waals surface area contributed by atoms with Gasteiger partial charge in [0.1, 0.15) is 23.9 Å². The topological polar surface area (TPSA) is 118 Å². The number of hydrogen-bond acceptors (Lipinski definition) is 9. The normalized spacial score (nSPS) is 21.4. The second-order valence-corrected chi connectivity index (χ2v) is 9.43. The highest BCUT2D eigenvalue weighted by molar-refractivity contribution is 5.72. The first-order chi connectivity index (χ1) is 15.6. The maximum atomic E-state index is 15.0. The van der Waals surface area contributed by atoms with Crippen molar-refractivity contribution in [3.8, 4) is 34.1 Å². The fourth-order valence-corrected chi connectivity index (χ4v) is 4.42. The van der Waals surface area contributed by atoms with E-state index in [1.807, 2.05) is 27.7 Å². The summed E-state index contributed by atoms with van der Waals surface area (Å²) in [5.41, 5.74) is 1.25. The highest BCUT2D eigenvalue weighted by atomic mass is 19.1. The molecule has 0 spiro atoms. The molecule has 9 nitrogen and oxygen atoms in total. The van der Waals surface area contributed by atoms with Crippen molar-refractivity contribution in [2.45, 2.75) is 57.4 Å². The summed E-state index contributed by atoms with van der Waals surface area (Å²) in [5.74, 6) is 0.675. The van der Waals surface area contributed by atoms with Gasteiger partial charge in [-0.1, -0.05) is 6.07 Å². The number of benzene rings is 1. The van der Waals surface area contributed by atoms with Crippen LogP contribution in [0.15, 0.2) is 36.8 Å². The summed E-state index contributed by atoms with van der Waals surface area (Å²) < 4.78 is 20.1. The van der Waals surface area contributed by atoms with Crippen LogP contribution in [0, 0.1) is 0 Å². The van der Waals surface area contributed by atoms with Crippen molar-refractivity contribution in [3.63, 3.8) is 0 Å². The molecule has 33 heavy (non-hydrogen) atoms. The third-order valence-corrected chi connectivity index (χ3v) is 5.73. The van der Waals surface area contributed by atoms with Crippen molar-refractivity contribution in [1.29, 1.82) is 0 Å². The highest BCUT2D eigenvalue weighted by Crippen LogP contribution is 2.34. The van der Waals surface area contributed by atoms with E-state index in [4.69, 9.17) is 4.74 Å². The predicted octanol–water partition coefficient (Wildman–Crippen LogP) is 3.38. The van der Waals surface area contributed by atoms with Crippen LogP contribution in [0.4, 0.5) is 10.3 Å². The Morgan fingerprint density at radius 3 is 2.55 bits per heavy atom. The zero-order valence-corrected chi connectivity index (χ0v) is 19.3. The van der Waals surface area contributed by atoms with E-state index >= 15 is 4.39 Å². The molecule has 2 aromatic heterocycles. The molecule has 3 aromatic rings. The zero-order chi connectivity index (χ0) is 23.8. The Balaban J connectivity index is 1.52. The number of anilines is 1. The minimum atomic E-state index is -1.13. The van der Waals surface area contributed by atoms with E-state index in [1.165, 1.54) is 19.6 Å². The van der Waals surface area contributed by atoms with Crippen molar-refractivity contribution in [3.05, 3.63) is 36.8 Å². The Labute approximate surface area is 191 Å². The third kappa shape index (κ3) is 4.85. The number of piperidine rings is 1. The fourth-order valence-electron chi connectivity index (χ4n) is 4.42. The molecule has 1 aliphatic heterocycles. The van der Waals surface area contributed by atoms with Crippen LogP contribution in [0.25, 0.3) is 22.5 Å². The molecule has 0 saturated carbocycles. The van der Waals surface area contributed by atoms with Crippen molar-refractivity contribution in [2.24, 2.45) is 0 Å². The summed E-state index contributed by atoms with van der Waals surface area (Å²) in [7, 11) is 1.53. The zero-order valence-electron chi connectivity index (χ0n) is 19.3. The lowest BCUT2D eigenvalue weighted by atomic mass is 9.78. The first-order valence-electron chi connectivity index (χ1n) is 10.7. The summed E-state index contributed by atoms with van der Waals surface area (Å²) in [6.45, 7) is 7.78. The average Bonchev–Trinajstić information content (AvgIpc) is 2.77. The molecule has 174 valence electrons. The van der Waals surface area contributed by atoms with Gasteiger partial charge in [0.2, 0.25) is 11.8 Å². The fraction of sp³-hybridized carbons (Fsp3) is 0.435. The van der Waals surface area contributed by atoms with Gasteiger partial charge in [-0.05, 0) is 46.2 Å². The first-order valence-corrected chi connectivity index (χ1v) is 10.7. The molecule has 0 aliphatic carbocycles. The molecular formula is C23H28FN7O2. The number of aromatic hydroxyl groups is 1. The lowest BCUT2D eigenvalue weighted by Gasteiger charge is -2.48. The Kier molecular flexibility index (Phi) is 5.87. The van der Waals surface area contributed by atoms with E-state index in [2.05, 4.69) is 35.8 Å². The molecule has 0 amide bonds. The molecule has 1 aliphatic rings. The van der Waals surface area contributed by atoms with E-state index < -0.39 is 17.8 Å². The molecular weight excluding hydrogens is 425 g/mol. The van der Waals surface area contributed by atoms with Crippen LogP contribution >= 0.6 is 0 Å². The number of alkyl halides is 1. The molecule has 0 unspecified atom stereocenters. The molecule has 2 atom stereocenters. The van der Waals surface area contributed by atoms with Crippen molar-refractivity contribution >= 4 is 5.95 Å². The molecule has 1 saturated heterocycles. The molecule has 1 fully saturated rings. The monoisotopic (exact) mass is 453 g/mol. The minimum absolute atomic E-state index is 0.00700. The molecule has 0 radical (unpaired) electrons. The van der Waals surface area contributed by atoms with E-state index in [9.17, 15) is 5.11 Å². The number of aromatic nitrogens is 5. The van der Waals surface area contributed by atoms with Crippen LogP contribution in [0.2, 0.25) is 0 Å². The van der Waals surface area contributed by atoms with Crippen LogP contribution in [-0.4, -0.2) is 60.7 Å². The molecule has 0 bridgehead atoms. The molecule has 10 heteroatoms. The number of methoxy groups -OCH3 is 1. The van der Waals surface area contributed by atoms with Crippen molar-refractivity contribution in [2.75, 3.05) is 12.4 Å². The quantitative estimate of drug-likeness (QED) is 0.534. The van der Waals surface area contributed by atoms with Gasteiger partial charge >= 0.3 is 0 Å². The summed E-state index contributed by atoms with van der Waals surface area (Å²) in [6, 6.07) is 6.32. The molecule has 3 heterocycles. The summed E-state index contributed by atoms with van der Waals surface area (Å²) >= 11 is 0. The van der Waals surface area contributed by atoms with Gasteiger partial charge in [-0.25, -0.2) is 19.3 Å². The maximum absolute atomic E-state index is 15.0. The van der Waals surface area contributed by atoms with E-state index in [-0.39, 0.29) is 17.2 Å². The van der Waals surface area contributed by atoms with Gasteiger partial charge in [0.15, 0.2) is 0 Å². The Bertz CT molecular complexity index is 1140. The Hall–Kier alpha value is -3.40. The van der Waals surface area contributed by atoms with Crippen LogP contribution in [0.5, 0.6) is 11.6 Å². The van der Waals surface area contributed by atoms with Crippen molar-refractivity contribution in [1.82, 2.24) is 30.5 Å². The number of ether oxygens (including phenoxy) is 1. The SMILES string of the molecule is COc1cc(-c2ccc(-c3cnc(N[C@H]4CC(C)(C)NC(C)(C)[C@H]4F)nn3)c(O)c2)ncn1. The smallest absolute Gasteiger partial charge is 0.243 e. The largest absolute Gasteiger partial charge is 0.507 e. The van der Waals surface area contributed by atoms with Crippen LogP contribution in [-0.2, 0) is 0 Å². The van der Waals surface area contributed by atoms with E-state index in [0.29, 0.717) is 34.8 Å². The lowest BCUT2D eigenvalue weighted by Crippen LogP contribution is -2.67. The first kappa shape index (κ1) is 22.8. The van der Waals surface area contributed by atoms with Crippen LogP contribution in [0.3, 0.4) is 0 Å². The van der Waals surface area contributed by atoms with E-state index in [0.717, 1.165) is 0 Å². The van der Waals surface area contributed by atoms with Gasteiger partial charge < -0.3 is 20.5 Å². The summed E-state index contributed by atoms with van der Waals surface area (Å²) in [6.07, 6.45) is 2.33. The van der Waals surface area contributed by atoms with Gasteiger partial charge in [-0.15, -0.1) is 10.2 Å². The third-order valence-electron chi connectivity index (χ3n) is 5.73. The van der Waals surface area contributed by atoms with Gasteiger partial charge in [-0.2, -0.15) is 0 Å². The number of hydrogen-bond donors (Lipinski definition) is 3. The second kappa shape index (κ2) is 8.51. The van der Waals surface area contributed by atoms with Gasteiger partial charge in [-0.3, -0.25) is 0 Å². The molecule has 1 aromatic carbocycles. The van der Waals surface area contributed by atoms with Crippen LogP contribution < -0.4 is 15.4 Å². The second-order valence-electron chi connectivity index (χ2n) is 9.43. The molecule has 3 N–H and O–H groups in total. The van der Waals surface area contributed by atoms with E-state index in [1.54, 1.807) is 24.3 Å². The van der Waals surface area contributed by atoms with Crippen LogP contribution in [0.1, 0.15) is 34.1 Å². The number of rotatable bonds is 5. The molecule has 4 rings (SSSR count). The number of nitrogens with one attached hydrogen (secondary N) is 2. The summed E-state index contributed by atoms with van der Waals surface area (Å²) in [5, 5.41) is 25.3. The van der Waals surface area contributed by atoms with Gasteiger partial charge in [0, 0.05) is 28.3 Å². The van der Waals surface area contributed by atoms with Gasteiger partial charge in [0.25, 0.3) is 0 Å². The number of nitrogens with zero attached hydrogens (tertiary/aromatic N) is 5. The number of phenols is 1. The predicted molar refractivity (Wildman–Crippen MR) is 123 cm³/mol. The average molecular weight is 454 g/mol. The van der Waals surface area contributed by atoms with Gasteiger partial charge in [0.05, 0.1) is 25.0 Å². The highest BCUT2D eigenvalue weighted by Gasteiger charge is 2.46. The maximum Gasteiger partial charge on any atom is 0.243 e. The standard InChI is InChI=1S/C23H28FN7O2/c1-22(2)10-16(20(24)23(3,4)31-22)28-21-25-11-17(29-30-21)14-7-6-13(8-18(14)32)15-9-19(33-5)27-12-26-15/h6-9,11-12,16,20,31-32H,10H2,1-5H3,(H,25,28,30)/t16-,20-/m0/s1. The Morgan fingerprint density at radius 1 is 1.09 bits per heavy atom. The Morgan fingerprint density at radius 2 is 1.88 bits per heavy atom. The van der Waals surface area contributed by atoms with Crippen molar-refractivity contribution < 1.29 is 14.2 Å².